The molecule has 2 heterocycles. The number of aryl methyl sites for hydroxylation is 2. The third kappa shape index (κ3) is 3.72. The van der Waals surface area contributed by atoms with Gasteiger partial charge in [0.25, 0.3) is 0 Å². The van der Waals surface area contributed by atoms with Gasteiger partial charge in [0.15, 0.2) is 5.76 Å². The predicted octanol–water partition coefficient (Wildman–Crippen LogP) is 4.64. The minimum Gasteiger partial charge on any atom is -0.490 e. The largest absolute Gasteiger partial charge is 0.490 e. The monoisotopic (exact) mass is 363 g/mol. The van der Waals surface area contributed by atoms with Gasteiger partial charge in [-0.1, -0.05) is 22.3 Å². The number of fused-ring (bicyclic) bond motifs is 1. The van der Waals surface area contributed by atoms with Crippen molar-refractivity contribution in [2.45, 2.75) is 39.9 Å². The van der Waals surface area contributed by atoms with E-state index in [1.807, 2.05) is 44.2 Å². The van der Waals surface area contributed by atoms with Crippen LogP contribution in [-0.4, -0.2) is 17.2 Å². The molecule has 0 aliphatic carbocycles. The van der Waals surface area contributed by atoms with Crippen molar-refractivity contribution < 1.29 is 18.8 Å². The van der Waals surface area contributed by atoms with E-state index in [-0.39, 0.29) is 18.7 Å². The Balaban J connectivity index is 1.44. The summed E-state index contributed by atoms with van der Waals surface area (Å²) in [7, 11) is 0. The molecule has 3 aromatic rings. The van der Waals surface area contributed by atoms with Gasteiger partial charge in [0.2, 0.25) is 0 Å². The number of carbonyl (C=O) groups excluding carboxylic acids is 1. The molecular weight excluding hydrogens is 342 g/mol. The van der Waals surface area contributed by atoms with Crippen LogP contribution in [0, 0.1) is 13.8 Å². The Morgan fingerprint density at radius 2 is 1.93 bits per heavy atom. The average molecular weight is 363 g/mol. The van der Waals surface area contributed by atoms with E-state index in [0.717, 1.165) is 28.9 Å². The van der Waals surface area contributed by atoms with Crippen molar-refractivity contribution >= 4 is 5.97 Å². The number of nitrogens with zero attached hydrogens (tertiary/aromatic N) is 1. The molecular formula is C22H21NO4. The summed E-state index contributed by atoms with van der Waals surface area (Å²) in [4.78, 5) is 12.3. The smallest absolute Gasteiger partial charge is 0.338 e. The summed E-state index contributed by atoms with van der Waals surface area (Å²) < 4.78 is 16.5. The number of esters is 1. The molecule has 0 fully saturated rings. The van der Waals surface area contributed by atoms with Crippen LogP contribution in [0.5, 0.6) is 5.75 Å². The maximum absolute atomic E-state index is 12.3. The molecule has 1 unspecified atom stereocenters. The molecule has 1 aliphatic rings. The number of ether oxygens (including phenoxy) is 2. The second-order valence-corrected chi connectivity index (χ2v) is 7.09. The van der Waals surface area contributed by atoms with Crippen molar-refractivity contribution in [1.29, 1.82) is 0 Å². The van der Waals surface area contributed by atoms with Gasteiger partial charge in [0.05, 0.1) is 5.56 Å². The van der Waals surface area contributed by atoms with Crippen molar-refractivity contribution in [3.05, 3.63) is 70.4 Å². The summed E-state index contributed by atoms with van der Waals surface area (Å²) in [6.07, 6.45) is 1.09. The van der Waals surface area contributed by atoms with Gasteiger partial charge in [0.1, 0.15) is 24.2 Å². The highest BCUT2D eigenvalue weighted by Gasteiger charge is 2.20. The van der Waals surface area contributed by atoms with Crippen molar-refractivity contribution in [2.24, 2.45) is 0 Å². The fourth-order valence-corrected chi connectivity index (χ4v) is 3.41. The van der Waals surface area contributed by atoms with Gasteiger partial charge in [0, 0.05) is 18.1 Å². The summed E-state index contributed by atoms with van der Waals surface area (Å²) >= 11 is 0. The van der Waals surface area contributed by atoms with Crippen molar-refractivity contribution in [3.8, 4) is 17.1 Å². The van der Waals surface area contributed by atoms with Crippen LogP contribution in [0.2, 0.25) is 0 Å². The number of aromatic nitrogens is 1. The fourth-order valence-electron chi connectivity index (χ4n) is 3.41. The van der Waals surface area contributed by atoms with Crippen LogP contribution in [0.3, 0.4) is 0 Å². The van der Waals surface area contributed by atoms with Crippen molar-refractivity contribution in [1.82, 2.24) is 5.16 Å². The maximum Gasteiger partial charge on any atom is 0.338 e. The number of rotatable bonds is 4. The molecule has 1 aliphatic heterocycles. The Bertz CT molecular complexity index is 985. The van der Waals surface area contributed by atoms with E-state index in [4.69, 9.17) is 14.0 Å². The highest BCUT2D eigenvalue weighted by molar-refractivity contribution is 5.89. The van der Waals surface area contributed by atoms with E-state index >= 15 is 0 Å². The zero-order valence-electron chi connectivity index (χ0n) is 15.6. The van der Waals surface area contributed by atoms with Gasteiger partial charge in [-0.3, -0.25) is 0 Å². The molecule has 5 heteroatoms. The zero-order chi connectivity index (χ0) is 19.0. The van der Waals surface area contributed by atoms with Crippen LogP contribution in [0.4, 0.5) is 0 Å². The molecule has 0 radical (unpaired) electrons. The lowest BCUT2D eigenvalue weighted by molar-refractivity contribution is 0.0464. The summed E-state index contributed by atoms with van der Waals surface area (Å²) in [5, 5.41) is 4.02. The SMILES string of the molecule is Cc1cc(C)cc(C(=O)OCc2cc(-c3ccc4c(c3)CC(C)O4)on2)c1. The first-order chi connectivity index (χ1) is 13.0. The van der Waals surface area contributed by atoms with Gasteiger partial charge in [-0.2, -0.15) is 0 Å². The minimum atomic E-state index is -0.366. The second kappa shape index (κ2) is 6.91. The van der Waals surface area contributed by atoms with E-state index in [9.17, 15) is 4.79 Å². The summed E-state index contributed by atoms with van der Waals surface area (Å²) in [6, 6.07) is 13.4. The third-order valence-electron chi connectivity index (χ3n) is 4.55. The van der Waals surface area contributed by atoms with Crippen LogP contribution in [0.1, 0.15) is 39.7 Å². The lowest BCUT2D eigenvalue weighted by atomic mass is 10.1. The Morgan fingerprint density at radius 3 is 2.70 bits per heavy atom. The Labute approximate surface area is 157 Å². The summed E-state index contributed by atoms with van der Waals surface area (Å²) in [6.45, 7) is 6.03. The Morgan fingerprint density at radius 1 is 1.15 bits per heavy atom. The van der Waals surface area contributed by atoms with E-state index in [0.29, 0.717) is 17.0 Å². The molecule has 5 nitrogen and oxygen atoms in total. The maximum atomic E-state index is 12.3. The quantitative estimate of drug-likeness (QED) is 0.632. The van der Waals surface area contributed by atoms with E-state index in [2.05, 4.69) is 18.1 Å². The first-order valence-corrected chi connectivity index (χ1v) is 8.99. The zero-order valence-corrected chi connectivity index (χ0v) is 15.6. The number of benzene rings is 2. The average Bonchev–Trinajstić information content (AvgIpc) is 3.23. The fraction of sp³-hybridized carbons (Fsp3) is 0.273. The lowest BCUT2D eigenvalue weighted by Gasteiger charge is -2.05. The number of hydrogen-bond acceptors (Lipinski definition) is 5. The highest BCUT2D eigenvalue weighted by Crippen LogP contribution is 2.33. The standard InChI is InChI=1S/C22H21NO4/c1-13-6-14(2)8-18(7-13)22(24)25-12-19-11-21(27-23-19)16-4-5-20-17(10-16)9-15(3)26-20/h4-8,10-11,15H,9,12H2,1-3H3. The molecule has 0 spiro atoms. The van der Waals surface area contributed by atoms with Crippen molar-refractivity contribution in [2.75, 3.05) is 0 Å². The molecule has 138 valence electrons. The van der Waals surface area contributed by atoms with Crippen LogP contribution < -0.4 is 4.74 Å². The molecule has 27 heavy (non-hydrogen) atoms. The van der Waals surface area contributed by atoms with Gasteiger partial charge in [-0.15, -0.1) is 0 Å². The molecule has 4 rings (SSSR count). The molecule has 0 saturated heterocycles. The van der Waals surface area contributed by atoms with Gasteiger partial charge < -0.3 is 14.0 Å². The van der Waals surface area contributed by atoms with Crippen LogP contribution >= 0.6 is 0 Å². The second-order valence-electron chi connectivity index (χ2n) is 7.09. The van der Waals surface area contributed by atoms with Gasteiger partial charge >= 0.3 is 5.97 Å². The van der Waals surface area contributed by atoms with Gasteiger partial charge in [-0.05, 0) is 56.7 Å². The van der Waals surface area contributed by atoms with Crippen LogP contribution in [0.25, 0.3) is 11.3 Å². The van der Waals surface area contributed by atoms with Gasteiger partial charge in [-0.25, -0.2) is 4.79 Å². The van der Waals surface area contributed by atoms with Crippen LogP contribution in [0.15, 0.2) is 47.0 Å². The van der Waals surface area contributed by atoms with E-state index in [1.54, 1.807) is 6.07 Å². The third-order valence-corrected chi connectivity index (χ3v) is 4.55. The molecule has 1 aromatic heterocycles. The normalized spacial score (nSPS) is 15.3. The molecule has 1 atom stereocenters. The first-order valence-electron chi connectivity index (χ1n) is 8.99. The minimum absolute atomic E-state index is 0.0698. The summed E-state index contributed by atoms with van der Waals surface area (Å²) in [5.74, 6) is 1.21. The highest BCUT2D eigenvalue weighted by atomic mass is 16.5. The van der Waals surface area contributed by atoms with Crippen molar-refractivity contribution in [3.63, 3.8) is 0 Å². The molecule has 0 bridgehead atoms. The Hall–Kier alpha value is -3.08. The predicted molar refractivity (Wildman–Crippen MR) is 101 cm³/mol. The summed E-state index contributed by atoms with van der Waals surface area (Å²) in [5.41, 5.74) is 5.28. The topological polar surface area (TPSA) is 61.6 Å². The number of carbonyl (C=O) groups is 1. The van der Waals surface area contributed by atoms with Crippen LogP contribution in [-0.2, 0) is 17.8 Å². The Kier molecular flexibility index (Phi) is 4.44. The van der Waals surface area contributed by atoms with E-state index in [1.165, 1.54) is 5.56 Å². The first kappa shape index (κ1) is 17.3. The molecule has 0 amide bonds. The van der Waals surface area contributed by atoms with E-state index < -0.39 is 0 Å². The molecule has 2 aromatic carbocycles. The molecule has 0 saturated carbocycles. The molecule has 0 N–H and O–H groups in total. The number of hydrogen-bond donors (Lipinski definition) is 0. The lowest BCUT2D eigenvalue weighted by Crippen LogP contribution is -2.06.